The van der Waals surface area contributed by atoms with Crippen molar-refractivity contribution >= 4 is 16.5 Å². The Morgan fingerprint density at radius 2 is 1.75 bits per heavy atom. The molecule has 0 unspecified atom stereocenters. The van der Waals surface area contributed by atoms with E-state index in [1.807, 2.05) is 0 Å². The van der Waals surface area contributed by atoms with Crippen LogP contribution in [0.3, 0.4) is 0 Å². The summed E-state index contributed by atoms with van der Waals surface area (Å²) >= 11 is 1.79. The van der Waals surface area contributed by atoms with Crippen molar-refractivity contribution in [3.63, 3.8) is 0 Å². The Balaban J connectivity index is 3.12. The Hall–Kier alpha value is -0.610. The van der Waals surface area contributed by atoms with Gasteiger partial charge < -0.3 is 10.6 Å². The molecule has 2 N–H and O–H groups in total. The summed E-state index contributed by atoms with van der Waals surface area (Å²) in [6.07, 6.45) is 2.33. The molecule has 116 valence electrons. The smallest absolute Gasteiger partial charge is 0.186 e. The van der Waals surface area contributed by atoms with Crippen LogP contribution in [0.1, 0.15) is 70.9 Å². The highest BCUT2D eigenvalue weighted by atomic mass is 32.1. The standard InChI is InChI=1S/C16H31N3S/c1-7-13(8-2)19(10-11(3)4)16-18-15(12(5)6)14(9-17)20-16/h11-13H,7-10,17H2,1-6H3. The molecule has 0 fully saturated rings. The summed E-state index contributed by atoms with van der Waals surface area (Å²) in [4.78, 5) is 8.66. The number of thiazole rings is 1. The van der Waals surface area contributed by atoms with Crippen molar-refractivity contribution < 1.29 is 0 Å². The molecule has 0 aliphatic carbocycles. The van der Waals surface area contributed by atoms with E-state index in [4.69, 9.17) is 10.7 Å². The fourth-order valence-electron chi connectivity index (χ4n) is 2.58. The number of nitrogens with zero attached hydrogens (tertiary/aromatic N) is 2. The van der Waals surface area contributed by atoms with Crippen LogP contribution in [0.2, 0.25) is 0 Å². The fraction of sp³-hybridized carbons (Fsp3) is 0.812. The van der Waals surface area contributed by atoms with Gasteiger partial charge in [0.05, 0.1) is 5.69 Å². The molecule has 1 aromatic heterocycles. The van der Waals surface area contributed by atoms with Crippen LogP contribution in [0.5, 0.6) is 0 Å². The normalized spacial score (nSPS) is 11.9. The molecule has 0 amide bonds. The molecule has 1 heterocycles. The minimum absolute atomic E-state index is 0.446. The van der Waals surface area contributed by atoms with E-state index < -0.39 is 0 Å². The quantitative estimate of drug-likeness (QED) is 0.774. The lowest BCUT2D eigenvalue weighted by Crippen LogP contribution is -2.37. The molecule has 0 atom stereocenters. The predicted octanol–water partition coefficient (Wildman–Crippen LogP) is 4.38. The van der Waals surface area contributed by atoms with E-state index in [0.29, 0.717) is 24.4 Å². The molecule has 0 radical (unpaired) electrons. The molecule has 0 bridgehead atoms. The van der Waals surface area contributed by atoms with Crippen molar-refractivity contribution in [3.8, 4) is 0 Å². The van der Waals surface area contributed by atoms with Gasteiger partial charge in [0.1, 0.15) is 0 Å². The van der Waals surface area contributed by atoms with Gasteiger partial charge in [0.2, 0.25) is 0 Å². The molecule has 0 aliphatic rings. The van der Waals surface area contributed by atoms with Gasteiger partial charge in [-0.25, -0.2) is 4.98 Å². The van der Waals surface area contributed by atoms with Crippen LogP contribution >= 0.6 is 11.3 Å². The lowest BCUT2D eigenvalue weighted by atomic mass is 10.1. The van der Waals surface area contributed by atoms with Crippen LogP contribution < -0.4 is 10.6 Å². The van der Waals surface area contributed by atoms with Gasteiger partial charge in [0.25, 0.3) is 0 Å². The van der Waals surface area contributed by atoms with Crippen LogP contribution in [0.15, 0.2) is 0 Å². The SMILES string of the molecule is CCC(CC)N(CC(C)C)c1nc(C(C)C)c(CN)s1. The number of anilines is 1. The summed E-state index contributed by atoms with van der Waals surface area (Å²) in [7, 11) is 0. The van der Waals surface area contributed by atoms with Crippen LogP contribution in [0, 0.1) is 5.92 Å². The lowest BCUT2D eigenvalue weighted by molar-refractivity contribution is 0.506. The molecule has 0 saturated heterocycles. The average Bonchev–Trinajstić information content (AvgIpc) is 2.82. The maximum absolute atomic E-state index is 5.90. The minimum atomic E-state index is 0.446. The zero-order valence-electron chi connectivity index (χ0n) is 13.9. The maximum Gasteiger partial charge on any atom is 0.186 e. The van der Waals surface area contributed by atoms with Crippen LogP contribution in [0.4, 0.5) is 5.13 Å². The number of aromatic nitrogens is 1. The summed E-state index contributed by atoms with van der Waals surface area (Å²) in [5, 5.41) is 1.16. The maximum atomic E-state index is 5.90. The van der Waals surface area contributed by atoms with Gasteiger partial charge in [0.15, 0.2) is 5.13 Å². The number of hydrogen-bond acceptors (Lipinski definition) is 4. The predicted molar refractivity (Wildman–Crippen MR) is 90.6 cm³/mol. The van der Waals surface area contributed by atoms with Crippen LogP contribution in [-0.2, 0) is 6.54 Å². The zero-order chi connectivity index (χ0) is 15.3. The van der Waals surface area contributed by atoms with Crippen LogP contribution in [0.25, 0.3) is 0 Å². The second-order valence-corrected chi connectivity index (χ2v) is 7.24. The summed E-state index contributed by atoms with van der Waals surface area (Å²) in [5.41, 5.74) is 7.08. The fourth-order valence-corrected chi connectivity index (χ4v) is 3.75. The number of hydrogen-bond donors (Lipinski definition) is 1. The largest absolute Gasteiger partial charge is 0.345 e. The summed E-state index contributed by atoms with van der Waals surface area (Å²) in [6, 6.07) is 0.578. The molecule has 1 rings (SSSR count). The third-order valence-electron chi connectivity index (χ3n) is 3.64. The summed E-state index contributed by atoms with van der Waals surface area (Å²) < 4.78 is 0. The van der Waals surface area contributed by atoms with Gasteiger partial charge in [0, 0.05) is 24.0 Å². The van der Waals surface area contributed by atoms with Crippen molar-refractivity contribution in [1.29, 1.82) is 0 Å². The molecule has 20 heavy (non-hydrogen) atoms. The number of nitrogens with two attached hydrogens (primary N) is 1. The first-order chi connectivity index (χ1) is 9.44. The first-order valence-electron chi connectivity index (χ1n) is 7.90. The highest BCUT2D eigenvalue weighted by molar-refractivity contribution is 7.15. The third-order valence-corrected chi connectivity index (χ3v) is 4.77. The lowest BCUT2D eigenvalue weighted by Gasteiger charge is -2.31. The van der Waals surface area contributed by atoms with E-state index in [-0.39, 0.29) is 0 Å². The van der Waals surface area contributed by atoms with E-state index >= 15 is 0 Å². The van der Waals surface area contributed by atoms with E-state index in [2.05, 4.69) is 46.4 Å². The highest BCUT2D eigenvalue weighted by Gasteiger charge is 2.22. The van der Waals surface area contributed by atoms with Gasteiger partial charge >= 0.3 is 0 Å². The minimum Gasteiger partial charge on any atom is -0.345 e. The Morgan fingerprint density at radius 3 is 2.10 bits per heavy atom. The second kappa shape index (κ2) is 7.99. The first-order valence-corrected chi connectivity index (χ1v) is 8.72. The molecule has 0 aliphatic heterocycles. The topological polar surface area (TPSA) is 42.2 Å². The van der Waals surface area contributed by atoms with Crippen molar-refractivity contribution in [2.75, 3.05) is 11.4 Å². The molecule has 3 nitrogen and oxygen atoms in total. The van der Waals surface area contributed by atoms with Crippen molar-refractivity contribution in [1.82, 2.24) is 4.98 Å². The Kier molecular flexibility index (Phi) is 6.96. The Morgan fingerprint density at radius 1 is 1.15 bits per heavy atom. The molecular formula is C16H31N3S. The first kappa shape index (κ1) is 17.4. The zero-order valence-corrected chi connectivity index (χ0v) is 14.8. The van der Waals surface area contributed by atoms with Crippen molar-refractivity contribution in [2.45, 2.75) is 72.9 Å². The van der Waals surface area contributed by atoms with Crippen molar-refractivity contribution in [3.05, 3.63) is 10.6 Å². The second-order valence-electron chi connectivity index (χ2n) is 6.18. The Bertz CT molecular complexity index is 394. The van der Waals surface area contributed by atoms with E-state index in [9.17, 15) is 0 Å². The molecule has 0 spiro atoms. The Labute approximate surface area is 128 Å². The number of rotatable bonds is 8. The van der Waals surface area contributed by atoms with Gasteiger partial charge in [-0.1, -0.05) is 41.5 Å². The van der Waals surface area contributed by atoms with Crippen LogP contribution in [-0.4, -0.2) is 17.6 Å². The molecule has 1 aromatic rings. The average molecular weight is 298 g/mol. The van der Waals surface area contributed by atoms with E-state index in [0.717, 1.165) is 24.5 Å². The summed E-state index contributed by atoms with van der Waals surface area (Å²) in [5.74, 6) is 1.09. The monoisotopic (exact) mass is 297 g/mol. The highest BCUT2D eigenvalue weighted by Crippen LogP contribution is 2.32. The molecule has 4 heteroatoms. The van der Waals surface area contributed by atoms with E-state index in [1.165, 1.54) is 10.6 Å². The van der Waals surface area contributed by atoms with Gasteiger partial charge in [-0.3, -0.25) is 0 Å². The third kappa shape index (κ3) is 4.19. The van der Waals surface area contributed by atoms with E-state index in [1.54, 1.807) is 11.3 Å². The molecular weight excluding hydrogens is 266 g/mol. The summed E-state index contributed by atoms with van der Waals surface area (Å²) in [6.45, 7) is 15.1. The van der Waals surface area contributed by atoms with Crippen molar-refractivity contribution in [2.24, 2.45) is 11.7 Å². The molecule has 0 saturated carbocycles. The van der Waals surface area contributed by atoms with Gasteiger partial charge in [-0.2, -0.15) is 0 Å². The van der Waals surface area contributed by atoms with Gasteiger partial charge in [-0.05, 0) is 24.7 Å². The molecule has 0 aromatic carbocycles. The van der Waals surface area contributed by atoms with Gasteiger partial charge in [-0.15, -0.1) is 11.3 Å².